The Bertz CT molecular complexity index is 1060. The lowest BCUT2D eigenvalue weighted by molar-refractivity contribution is 0.102. The van der Waals surface area contributed by atoms with Gasteiger partial charge in [-0.1, -0.05) is 48.0 Å². The second kappa shape index (κ2) is 7.73. The zero-order chi connectivity index (χ0) is 18.6. The van der Waals surface area contributed by atoms with E-state index < -0.39 is 0 Å². The Balaban J connectivity index is 1.54. The first-order valence-corrected chi connectivity index (χ1v) is 8.93. The number of halogens is 1. The molecule has 4 aromatic rings. The van der Waals surface area contributed by atoms with E-state index in [1.807, 2.05) is 67.6 Å². The summed E-state index contributed by atoms with van der Waals surface area (Å²) < 4.78 is 7.41. The molecule has 0 aliphatic heterocycles. The number of ether oxygens (including phenoxy) is 1. The summed E-state index contributed by atoms with van der Waals surface area (Å²) in [6.07, 6.45) is 0. The molecular formula is C20H18ClN5O. The molecular weight excluding hydrogens is 362 g/mol. The summed E-state index contributed by atoms with van der Waals surface area (Å²) in [6.45, 7) is 2.74. The van der Waals surface area contributed by atoms with Crippen LogP contribution in [0, 0.1) is 6.92 Å². The highest BCUT2D eigenvalue weighted by Gasteiger charge is 2.11. The molecule has 2 aromatic carbocycles. The van der Waals surface area contributed by atoms with Crippen molar-refractivity contribution in [2.75, 3.05) is 5.32 Å². The van der Waals surface area contributed by atoms with Crippen LogP contribution in [0.3, 0.4) is 0 Å². The Hall–Kier alpha value is -2.96. The number of aryl methyl sites for hydroxylation is 1. The highest BCUT2D eigenvalue weighted by atomic mass is 35.5. The van der Waals surface area contributed by atoms with Crippen LogP contribution in [-0.4, -0.2) is 19.6 Å². The third-order valence-electron chi connectivity index (χ3n) is 3.92. The molecule has 0 aliphatic rings. The van der Waals surface area contributed by atoms with Gasteiger partial charge in [0.2, 0.25) is 0 Å². The van der Waals surface area contributed by atoms with Crippen LogP contribution in [0.2, 0.25) is 5.02 Å². The van der Waals surface area contributed by atoms with Crippen LogP contribution in [0.4, 0.5) is 11.5 Å². The topological polar surface area (TPSA) is 64.3 Å². The lowest BCUT2D eigenvalue weighted by Crippen LogP contribution is -2.03. The number of rotatable bonds is 6. The van der Waals surface area contributed by atoms with E-state index in [-0.39, 0.29) is 0 Å². The molecule has 0 atom stereocenters. The van der Waals surface area contributed by atoms with Gasteiger partial charge in [-0.25, -0.2) is 4.98 Å². The van der Waals surface area contributed by atoms with E-state index in [0.29, 0.717) is 29.8 Å². The van der Waals surface area contributed by atoms with Gasteiger partial charge >= 0.3 is 0 Å². The smallest absolute Gasteiger partial charge is 0.254 e. The van der Waals surface area contributed by atoms with Gasteiger partial charge in [-0.05, 0) is 30.7 Å². The van der Waals surface area contributed by atoms with Crippen molar-refractivity contribution < 1.29 is 4.74 Å². The predicted octanol–water partition coefficient (Wildman–Crippen LogP) is 4.55. The normalized spacial score (nSPS) is 11.0. The standard InChI is InChI=1S/C20H18ClN5O/c1-14-10-19(23-17-9-5-8-16(21)11-17)26-20(22-14)24-18(25-26)13-27-12-15-6-3-2-4-7-15/h2-11,23H,12-13H2,1H3. The van der Waals surface area contributed by atoms with Crippen LogP contribution in [0.1, 0.15) is 17.1 Å². The summed E-state index contributed by atoms with van der Waals surface area (Å²) in [6, 6.07) is 19.4. The molecule has 7 heteroatoms. The maximum Gasteiger partial charge on any atom is 0.254 e. The lowest BCUT2D eigenvalue weighted by Gasteiger charge is -2.08. The van der Waals surface area contributed by atoms with Crippen molar-refractivity contribution in [3.8, 4) is 0 Å². The van der Waals surface area contributed by atoms with Crippen LogP contribution >= 0.6 is 11.6 Å². The minimum atomic E-state index is 0.313. The third-order valence-corrected chi connectivity index (χ3v) is 4.16. The molecule has 0 saturated carbocycles. The van der Waals surface area contributed by atoms with E-state index in [1.54, 1.807) is 4.52 Å². The average molecular weight is 380 g/mol. The Morgan fingerprint density at radius 1 is 1.00 bits per heavy atom. The van der Waals surface area contributed by atoms with E-state index in [4.69, 9.17) is 16.3 Å². The second-order valence-corrected chi connectivity index (χ2v) is 6.57. The van der Waals surface area contributed by atoms with E-state index >= 15 is 0 Å². The second-order valence-electron chi connectivity index (χ2n) is 6.14. The maximum atomic E-state index is 6.07. The molecule has 0 bridgehead atoms. The van der Waals surface area contributed by atoms with Crippen LogP contribution in [0.15, 0.2) is 60.7 Å². The average Bonchev–Trinajstić information content (AvgIpc) is 3.05. The van der Waals surface area contributed by atoms with Gasteiger partial charge in [0.05, 0.1) is 6.61 Å². The van der Waals surface area contributed by atoms with E-state index in [1.165, 1.54) is 0 Å². The summed E-state index contributed by atoms with van der Waals surface area (Å²) in [5.74, 6) is 1.87. The van der Waals surface area contributed by atoms with Gasteiger partial charge in [-0.3, -0.25) is 0 Å². The van der Waals surface area contributed by atoms with Crippen molar-refractivity contribution in [1.29, 1.82) is 0 Å². The molecule has 2 heterocycles. The maximum absolute atomic E-state index is 6.07. The first-order valence-electron chi connectivity index (χ1n) is 8.55. The predicted molar refractivity (Wildman–Crippen MR) is 105 cm³/mol. The number of nitrogens with zero attached hydrogens (tertiary/aromatic N) is 4. The largest absolute Gasteiger partial charge is 0.369 e. The summed E-state index contributed by atoms with van der Waals surface area (Å²) in [7, 11) is 0. The molecule has 136 valence electrons. The van der Waals surface area contributed by atoms with Crippen molar-refractivity contribution in [1.82, 2.24) is 19.6 Å². The summed E-state index contributed by atoms with van der Waals surface area (Å²) >= 11 is 6.07. The molecule has 2 aromatic heterocycles. The monoisotopic (exact) mass is 379 g/mol. The Morgan fingerprint density at radius 2 is 1.85 bits per heavy atom. The van der Waals surface area contributed by atoms with Crippen LogP contribution in [0.25, 0.3) is 5.78 Å². The number of hydrogen-bond donors (Lipinski definition) is 1. The summed E-state index contributed by atoms with van der Waals surface area (Å²) in [5.41, 5.74) is 2.82. The molecule has 0 amide bonds. The number of anilines is 2. The minimum Gasteiger partial charge on any atom is -0.369 e. The Labute approximate surface area is 161 Å². The zero-order valence-corrected chi connectivity index (χ0v) is 15.5. The van der Waals surface area contributed by atoms with Gasteiger partial charge < -0.3 is 10.1 Å². The fourth-order valence-corrected chi connectivity index (χ4v) is 2.92. The fourth-order valence-electron chi connectivity index (χ4n) is 2.73. The molecule has 0 spiro atoms. The third kappa shape index (κ3) is 4.24. The Kier molecular flexibility index (Phi) is 5.00. The minimum absolute atomic E-state index is 0.313. The highest BCUT2D eigenvalue weighted by Crippen LogP contribution is 2.21. The number of aromatic nitrogens is 4. The lowest BCUT2D eigenvalue weighted by atomic mass is 10.2. The first kappa shape index (κ1) is 17.5. The quantitative estimate of drug-likeness (QED) is 0.532. The van der Waals surface area contributed by atoms with Crippen molar-refractivity contribution >= 4 is 28.9 Å². The summed E-state index contributed by atoms with van der Waals surface area (Å²) in [5, 5.41) is 8.51. The number of nitrogens with one attached hydrogen (secondary N) is 1. The molecule has 27 heavy (non-hydrogen) atoms. The molecule has 0 radical (unpaired) electrons. The molecule has 0 fully saturated rings. The van der Waals surface area contributed by atoms with Gasteiger partial charge in [0.1, 0.15) is 12.4 Å². The molecule has 6 nitrogen and oxygen atoms in total. The van der Waals surface area contributed by atoms with Gasteiger partial charge in [0.15, 0.2) is 5.82 Å². The van der Waals surface area contributed by atoms with Crippen molar-refractivity contribution in [2.45, 2.75) is 20.1 Å². The molecule has 0 unspecified atom stereocenters. The molecule has 1 N–H and O–H groups in total. The van der Waals surface area contributed by atoms with Crippen molar-refractivity contribution in [2.24, 2.45) is 0 Å². The van der Waals surface area contributed by atoms with Gasteiger partial charge in [-0.2, -0.15) is 9.50 Å². The number of fused-ring (bicyclic) bond motifs is 1. The van der Waals surface area contributed by atoms with E-state index in [2.05, 4.69) is 20.4 Å². The Morgan fingerprint density at radius 3 is 2.67 bits per heavy atom. The molecule has 0 saturated heterocycles. The first-order chi connectivity index (χ1) is 13.2. The van der Waals surface area contributed by atoms with Crippen LogP contribution < -0.4 is 5.32 Å². The highest BCUT2D eigenvalue weighted by molar-refractivity contribution is 6.30. The fraction of sp³-hybridized carbons (Fsp3) is 0.150. The SMILES string of the molecule is Cc1cc(Nc2cccc(Cl)c2)n2nc(COCc3ccccc3)nc2n1. The van der Waals surface area contributed by atoms with Gasteiger partial charge in [-0.15, -0.1) is 5.10 Å². The van der Waals surface area contributed by atoms with Gasteiger partial charge in [0, 0.05) is 22.5 Å². The summed E-state index contributed by atoms with van der Waals surface area (Å²) in [4.78, 5) is 8.92. The molecule has 4 rings (SSSR count). The molecule has 0 aliphatic carbocycles. The van der Waals surface area contributed by atoms with Crippen LogP contribution in [0.5, 0.6) is 0 Å². The van der Waals surface area contributed by atoms with E-state index in [0.717, 1.165) is 22.8 Å². The van der Waals surface area contributed by atoms with Crippen molar-refractivity contribution in [3.05, 3.63) is 82.8 Å². The number of hydrogen-bond acceptors (Lipinski definition) is 5. The zero-order valence-electron chi connectivity index (χ0n) is 14.8. The van der Waals surface area contributed by atoms with E-state index in [9.17, 15) is 0 Å². The van der Waals surface area contributed by atoms with Crippen molar-refractivity contribution in [3.63, 3.8) is 0 Å². The van der Waals surface area contributed by atoms with Gasteiger partial charge in [0.25, 0.3) is 5.78 Å². The van der Waals surface area contributed by atoms with Crippen LogP contribution in [-0.2, 0) is 18.0 Å². The number of benzene rings is 2.